The zero-order valence-electron chi connectivity index (χ0n) is 19.2. The predicted molar refractivity (Wildman–Crippen MR) is 123 cm³/mol. The number of fused-ring (bicyclic) bond motifs is 1. The molecule has 1 aliphatic rings. The van der Waals surface area contributed by atoms with Gasteiger partial charge in [0.05, 0.1) is 23.7 Å². The molecule has 3 aromatic rings. The lowest BCUT2D eigenvalue weighted by atomic mass is 10.0. The molecular formula is C24H21F3N6O4. The maximum Gasteiger partial charge on any atom is 0.490 e. The topological polar surface area (TPSA) is 169 Å². The Balaban J connectivity index is 0.000000479. The van der Waals surface area contributed by atoms with Crippen molar-refractivity contribution in [3.8, 4) is 23.8 Å². The number of carbonyl (C=O) groups excluding carboxylic acids is 1. The van der Waals surface area contributed by atoms with Gasteiger partial charge < -0.3 is 25.5 Å². The van der Waals surface area contributed by atoms with E-state index in [1.165, 1.54) is 6.20 Å². The van der Waals surface area contributed by atoms with Crippen LogP contribution in [0.3, 0.4) is 0 Å². The van der Waals surface area contributed by atoms with Gasteiger partial charge in [-0.3, -0.25) is 4.79 Å². The van der Waals surface area contributed by atoms with E-state index >= 15 is 0 Å². The van der Waals surface area contributed by atoms with Gasteiger partial charge in [0, 0.05) is 35.9 Å². The number of H-pyrrole nitrogens is 1. The van der Waals surface area contributed by atoms with Gasteiger partial charge in [0.2, 0.25) is 11.8 Å². The maximum atomic E-state index is 12.7. The molecule has 4 N–H and O–H groups in total. The van der Waals surface area contributed by atoms with E-state index in [4.69, 9.17) is 25.6 Å². The summed E-state index contributed by atoms with van der Waals surface area (Å²) in [6.45, 7) is 0.575. The van der Waals surface area contributed by atoms with Crippen LogP contribution < -0.4 is 10.5 Å². The van der Waals surface area contributed by atoms with E-state index < -0.39 is 18.2 Å². The fourth-order valence-electron chi connectivity index (χ4n) is 3.75. The van der Waals surface area contributed by atoms with Crippen LogP contribution in [0.2, 0.25) is 0 Å². The van der Waals surface area contributed by atoms with Gasteiger partial charge >= 0.3 is 12.1 Å². The van der Waals surface area contributed by atoms with Crippen LogP contribution >= 0.6 is 0 Å². The minimum absolute atomic E-state index is 0.196. The third kappa shape index (κ3) is 6.74. The largest absolute Gasteiger partial charge is 0.490 e. The summed E-state index contributed by atoms with van der Waals surface area (Å²) in [4.78, 5) is 30.5. The van der Waals surface area contributed by atoms with Gasteiger partial charge in [-0.05, 0) is 49.1 Å². The number of rotatable bonds is 5. The molecule has 192 valence electrons. The van der Waals surface area contributed by atoms with E-state index in [2.05, 4.69) is 22.1 Å². The molecule has 4 rings (SSSR count). The first kappa shape index (κ1) is 27.0. The number of carboxylic acid groups (broad SMARTS) is 1. The molecule has 13 heteroatoms. The Morgan fingerprint density at radius 1 is 1.30 bits per heavy atom. The number of amides is 1. The standard InChI is InChI=1S/C22H20N6O2.C2HF3O2/c23-11-14-5-6-26-21(8-14)30-17-3-4-20-18(10-17)15(13-27-20)9-19(25)22(29)28-7-1-2-16(28)12-24;3-2(4,5)1(6)7/h3-6,8,10,13,16,19,27H,1-2,7,9,25H2;(H,6,7)/t16-,19-;/m0./s1. The van der Waals surface area contributed by atoms with Gasteiger partial charge in [-0.2, -0.15) is 23.7 Å². The Kier molecular flexibility index (Phi) is 8.32. The Hall–Kier alpha value is -4.62. The lowest BCUT2D eigenvalue weighted by Gasteiger charge is -2.23. The third-order valence-corrected chi connectivity index (χ3v) is 5.51. The molecule has 1 fully saturated rings. The van der Waals surface area contributed by atoms with Crippen LogP contribution in [0.15, 0.2) is 42.7 Å². The van der Waals surface area contributed by atoms with Crippen LogP contribution in [0.1, 0.15) is 24.0 Å². The van der Waals surface area contributed by atoms with Gasteiger partial charge in [-0.15, -0.1) is 0 Å². The molecule has 1 aliphatic heterocycles. The molecule has 1 aromatic carbocycles. The van der Waals surface area contributed by atoms with Crippen LogP contribution in [0.5, 0.6) is 11.6 Å². The molecule has 1 amide bonds. The van der Waals surface area contributed by atoms with E-state index in [1.807, 2.05) is 18.3 Å². The molecule has 0 radical (unpaired) electrons. The first-order chi connectivity index (χ1) is 17.5. The summed E-state index contributed by atoms with van der Waals surface area (Å²) in [7, 11) is 0. The number of aromatic nitrogens is 2. The quantitative estimate of drug-likeness (QED) is 0.466. The number of halogens is 3. The molecule has 10 nitrogen and oxygen atoms in total. The number of hydrogen-bond acceptors (Lipinski definition) is 7. The first-order valence-electron chi connectivity index (χ1n) is 10.9. The summed E-state index contributed by atoms with van der Waals surface area (Å²) in [6, 6.07) is 11.8. The Bertz CT molecular complexity index is 1380. The number of alkyl halides is 3. The summed E-state index contributed by atoms with van der Waals surface area (Å²) >= 11 is 0. The third-order valence-electron chi connectivity index (χ3n) is 5.51. The zero-order valence-corrected chi connectivity index (χ0v) is 19.2. The molecule has 1 saturated heterocycles. The molecule has 37 heavy (non-hydrogen) atoms. The average Bonchev–Trinajstić information content (AvgIpc) is 3.50. The number of ether oxygens (including phenoxy) is 1. The van der Waals surface area contributed by atoms with Crippen molar-refractivity contribution in [1.29, 1.82) is 10.5 Å². The van der Waals surface area contributed by atoms with Crippen molar-refractivity contribution in [2.45, 2.75) is 37.5 Å². The lowest BCUT2D eigenvalue weighted by molar-refractivity contribution is -0.192. The van der Waals surface area contributed by atoms with E-state index in [9.17, 15) is 23.2 Å². The minimum atomic E-state index is -5.08. The SMILES string of the molecule is N#Cc1ccnc(Oc2ccc3[nH]cc(C[C@H](N)C(=O)N4CCC[C@H]4C#N)c3c2)c1.O=C(O)C(F)(F)F. The maximum absolute atomic E-state index is 12.7. The fourth-order valence-corrected chi connectivity index (χ4v) is 3.75. The fraction of sp³-hybridized carbons (Fsp3) is 0.292. The van der Waals surface area contributed by atoms with Crippen molar-refractivity contribution in [2.24, 2.45) is 5.73 Å². The minimum Gasteiger partial charge on any atom is -0.475 e. The van der Waals surface area contributed by atoms with Crippen LogP contribution in [0.4, 0.5) is 13.2 Å². The summed E-state index contributed by atoms with van der Waals surface area (Å²) in [5, 5.41) is 26.3. The number of carboxylic acids is 1. The Morgan fingerprint density at radius 3 is 2.68 bits per heavy atom. The highest BCUT2D eigenvalue weighted by Crippen LogP contribution is 2.28. The van der Waals surface area contributed by atoms with E-state index in [0.717, 1.165) is 22.9 Å². The van der Waals surface area contributed by atoms with Crippen molar-refractivity contribution in [1.82, 2.24) is 14.9 Å². The van der Waals surface area contributed by atoms with Crippen molar-refractivity contribution in [2.75, 3.05) is 6.54 Å². The second-order valence-corrected chi connectivity index (χ2v) is 8.05. The number of benzene rings is 1. The number of nitrogens with two attached hydrogens (primary N) is 1. The molecule has 0 saturated carbocycles. The number of aliphatic carboxylic acids is 1. The molecule has 0 aliphatic carbocycles. The lowest BCUT2D eigenvalue weighted by Crippen LogP contribution is -2.46. The Morgan fingerprint density at radius 2 is 2.03 bits per heavy atom. The number of carbonyl (C=O) groups is 2. The van der Waals surface area contributed by atoms with E-state index in [0.29, 0.717) is 36.6 Å². The second-order valence-electron chi connectivity index (χ2n) is 8.05. The van der Waals surface area contributed by atoms with Crippen molar-refractivity contribution >= 4 is 22.8 Å². The van der Waals surface area contributed by atoms with Crippen LogP contribution in [-0.4, -0.2) is 56.7 Å². The molecule has 0 spiro atoms. The van der Waals surface area contributed by atoms with Crippen molar-refractivity contribution in [3.05, 3.63) is 53.9 Å². The molecular weight excluding hydrogens is 493 g/mol. The van der Waals surface area contributed by atoms with Gasteiger partial charge in [0.25, 0.3) is 0 Å². The monoisotopic (exact) mass is 514 g/mol. The van der Waals surface area contributed by atoms with Crippen LogP contribution in [-0.2, 0) is 16.0 Å². The normalized spacial score (nSPS) is 15.7. The van der Waals surface area contributed by atoms with Crippen molar-refractivity contribution in [3.63, 3.8) is 0 Å². The summed E-state index contributed by atoms with van der Waals surface area (Å²) in [5.74, 6) is -2.06. The van der Waals surface area contributed by atoms with Gasteiger partial charge in [-0.25, -0.2) is 9.78 Å². The molecule has 0 bridgehead atoms. The number of nitrogens with zero attached hydrogens (tertiary/aromatic N) is 4. The summed E-state index contributed by atoms with van der Waals surface area (Å²) in [5.41, 5.74) is 8.45. The van der Waals surface area contributed by atoms with Gasteiger partial charge in [-0.1, -0.05) is 0 Å². The highest BCUT2D eigenvalue weighted by atomic mass is 19.4. The molecule has 3 heterocycles. The smallest absolute Gasteiger partial charge is 0.475 e. The van der Waals surface area contributed by atoms with Crippen LogP contribution in [0.25, 0.3) is 10.9 Å². The summed E-state index contributed by atoms with van der Waals surface area (Å²) < 4.78 is 37.5. The highest BCUT2D eigenvalue weighted by Gasteiger charge is 2.38. The van der Waals surface area contributed by atoms with Gasteiger partial charge in [0.1, 0.15) is 11.8 Å². The van der Waals surface area contributed by atoms with E-state index in [-0.39, 0.29) is 11.9 Å². The average molecular weight is 514 g/mol. The zero-order chi connectivity index (χ0) is 27.2. The van der Waals surface area contributed by atoms with E-state index in [1.54, 1.807) is 23.1 Å². The van der Waals surface area contributed by atoms with Gasteiger partial charge in [0.15, 0.2) is 0 Å². The molecule has 0 unspecified atom stereocenters. The van der Waals surface area contributed by atoms with Crippen molar-refractivity contribution < 1.29 is 32.6 Å². The number of hydrogen-bond donors (Lipinski definition) is 3. The Labute approximate surface area is 208 Å². The summed E-state index contributed by atoms with van der Waals surface area (Å²) in [6.07, 6.45) is 0.141. The number of aromatic amines is 1. The van der Waals surface area contributed by atoms with Crippen LogP contribution in [0, 0.1) is 22.7 Å². The number of likely N-dealkylation sites (tertiary alicyclic amines) is 1. The second kappa shape index (κ2) is 11.4. The predicted octanol–water partition coefficient (Wildman–Crippen LogP) is 3.24. The first-order valence-corrected chi connectivity index (χ1v) is 10.9. The molecule has 2 atom stereocenters. The highest BCUT2D eigenvalue weighted by molar-refractivity contribution is 5.87. The number of nitrogens with one attached hydrogen (secondary N) is 1. The number of pyridine rings is 1. The number of nitriles is 2. The molecule has 2 aromatic heterocycles.